The lowest BCUT2D eigenvalue weighted by Crippen LogP contribution is -2.42. The van der Waals surface area contributed by atoms with Crippen LogP contribution >= 0.6 is 27.3 Å². The van der Waals surface area contributed by atoms with Gasteiger partial charge in [-0.25, -0.2) is 0 Å². The number of fused-ring (bicyclic) bond motifs is 1. The molecule has 3 aromatic rings. The van der Waals surface area contributed by atoms with Gasteiger partial charge in [0, 0.05) is 21.3 Å². The van der Waals surface area contributed by atoms with Gasteiger partial charge in [-0.2, -0.15) is 0 Å². The van der Waals surface area contributed by atoms with E-state index < -0.39 is 5.54 Å². The molecule has 1 aromatic carbocycles. The van der Waals surface area contributed by atoms with Crippen LogP contribution in [0, 0.1) is 0 Å². The number of aliphatic hydroxyl groups excluding tert-OH is 1. The second-order valence-electron chi connectivity index (χ2n) is 5.22. The molecule has 0 radical (unpaired) electrons. The number of nitrogens with one attached hydrogen (secondary N) is 1. The average molecular weight is 366 g/mol. The first-order valence-corrected chi connectivity index (χ1v) is 8.36. The largest absolute Gasteiger partial charge is 0.459 e. The summed E-state index contributed by atoms with van der Waals surface area (Å²) in [6.07, 6.45) is 0. The van der Waals surface area contributed by atoms with Gasteiger partial charge in [0.15, 0.2) is 0 Å². The quantitative estimate of drug-likeness (QED) is 0.710. The second-order valence-corrected chi connectivity index (χ2v) is 7.16. The molecule has 2 heterocycles. The number of thiophene rings is 1. The predicted molar refractivity (Wildman–Crippen MR) is 89.5 cm³/mol. The molecule has 0 aliphatic carbocycles. The molecule has 0 aliphatic rings. The van der Waals surface area contributed by atoms with E-state index in [1.165, 1.54) is 4.88 Å². The Hall–Kier alpha value is -1.14. The van der Waals surface area contributed by atoms with Crippen LogP contribution in [0.1, 0.15) is 17.6 Å². The summed E-state index contributed by atoms with van der Waals surface area (Å²) in [5.41, 5.74) is 0.223. The summed E-state index contributed by atoms with van der Waals surface area (Å²) >= 11 is 5.16. The van der Waals surface area contributed by atoms with Crippen molar-refractivity contribution in [3.05, 3.63) is 56.9 Å². The number of aliphatic hydroxyl groups is 1. The van der Waals surface area contributed by atoms with E-state index in [1.54, 1.807) is 11.3 Å². The number of halogens is 1. The van der Waals surface area contributed by atoms with E-state index in [0.717, 1.165) is 21.2 Å². The smallest absolute Gasteiger partial charge is 0.134 e. The first-order valence-electron chi connectivity index (χ1n) is 6.68. The number of benzene rings is 1. The Kier molecular flexibility index (Phi) is 4.17. The lowest BCUT2D eigenvalue weighted by molar-refractivity contribution is 0.153. The molecule has 0 aliphatic heterocycles. The van der Waals surface area contributed by atoms with Crippen LogP contribution in [-0.4, -0.2) is 11.7 Å². The minimum absolute atomic E-state index is 0.0284. The summed E-state index contributed by atoms with van der Waals surface area (Å²) in [5.74, 6) is 0.745. The number of rotatable bonds is 5. The van der Waals surface area contributed by atoms with Gasteiger partial charge in [-0.3, -0.25) is 5.32 Å². The van der Waals surface area contributed by atoms with Gasteiger partial charge in [-0.1, -0.05) is 22.0 Å². The van der Waals surface area contributed by atoms with Crippen molar-refractivity contribution < 1.29 is 9.52 Å². The van der Waals surface area contributed by atoms with Crippen LogP contribution in [0.2, 0.25) is 0 Å². The minimum atomic E-state index is -0.602. The molecule has 0 amide bonds. The fraction of sp³-hybridized carbons (Fsp3) is 0.250. The van der Waals surface area contributed by atoms with E-state index in [-0.39, 0.29) is 6.61 Å². The molecule has 0 saturated carbocycles. The van der Waals surface area contributed by atoms with Crippen LogP contribution in [0.3, 0.4) is 0 Å². The molecule has 0 spiro atoms. The SMILES string of the molecule is CC(CO)(NCc1cccs1)c1cc2cc(Br)ccc2o1. The lowest BCUT2D eigenvalue weighted by atomic mass is 9.99. The Morgan fingerprint density at radius 3 is 2.90 bits per heavy atom. The van der Waals surface area contributed by atoms with Gasteiger partial charge in [0.1, 0.15) is 11.3 Å². The van der Waals surface area contributed by atoms with Gasteiger partial charge >= 0.3 is 0 Å². The number of furan rings is 1. The average Bonchev–Trinajstić information content (AvgIpc) is 3.13. The second kappa shape index (κ2) is 5.93. The lowest BCUT2D eigenvalue weighted by Gasteiger charge is -2.26. The summed E-state index contributed by atoms with van der Waals surface area (Å²) < 4.78 is 6.92. The maximum Gasteiger partial charge on any atom is 0.134 e. The van der Waals surface area contributed by atoms with E-state index in [4.69, 9.17) is 4.42 Å². The molecular weight excluding hydrogens is 350 g/mol. The van der Waals surface area contributed by atoms with Crippen LogP contribution in [0.4, 0.5) is 0 Å². The highest BCUT2D eigenvalue weighted by molar-refractivity contribution is 9.10. The van der Waals surface area contributed by atoms with Gasteiger partial charge < -0.3 is 9.52 Å². The van der Waals surface area contributed by atoms with E-state index in [0.29, 0.717) is 6.54 Å². The summed E-state index contributed by atoms with van der Waals surface area (Å²) in [5, 5.41) is 16.3. The van der Waals surface area contributed by atoms with Gasteiger partial charge in [0.25, 0.3) is 0 Å². The molecule has 1 atom stereocenters. The summed E-state index contributed by atoms with van der Waals surface area (Å²) in [6.45, 7) is 2.63. The molecule has 110 valence electrons. The van der Waals surface area contributed by atoms with Gasteiger partial charge in [0.05, 0.1) is 12.1 Å². The maximum atomic E-state index is 9.82. The van der Waals surface area contributed by atoms with Gasteiger partial charge in [-0.05, 0) is 42.6 Å². The highest BCUT2D eigenvalue weighted by Gasteiger charge is 2.29. The van der Waals surface area contributed by atoms with Crippen molar-refractivity contribution in [2.45, 2.75) is 19.0 Å². The summed E-state index contributed by atoms with van der Waals surface area (Å²) in [7, 11) is 0. The predicted octanol–water partition coefficient (Wildman–Crippen LogP) is 4.25. The van der Waals surface area contributed by atoms with Crippen LogP contribution < -0.4 is 5.32 Å². The first-order chi connectivity index (χ1) is 10.1. The van der Waals surface area contributed by atoms with Crippen molar-refractivity contribution in [2.24, 2.45) is 0 Å². The van der Waals surface area contributed by atoms with E-state index >= 15 is 0 Å². The Morgan fingerprint density at radius 1 is 1.33 bits per heavy atom. The maximum absolute atomic E-state index is 9.82. The zero-order chi connectivity index (χ0) is 14.9. The zero-order valence-electron chi connectivity index (χ0n) is 11.6. The van der Waals surface area contributed by atoms with E-state index in [9.17, 15) is 5.11 Å². The van der Waals surface area contributed by atoms with Crippen molar-refractivity contribution in [3.8, 4) is 0 Å². The van der Waals surface area contributed by atoms with Crippen LogP contribution in [0.15, 0.2) is 50.7 Å². The molecule has 3 nitrogen and oxygen atoms in total. The normalized spacial score (nSPS) is 14.4. The fourth-order valence-electron chi connectivity index (χ4n) is 2.20. The van der Waals surface area contributed by atoms with Crippen molar-refractivity contribution in [1.29, 1.82) is 0 Å². The van der Waals surface area contributed by atoms with Crippen molar-refractivity contribution in [1.82, 2.24) is 5.32 Å². The van der Waals surface area contributed by atoms with E-state index in [2.05, 4.69) is 27.3 Å². The molecule has 2 N–H and O–H groups in total. The highest BCUT2D eigenvalue weighted by atomic mass is 79.9. The Labute approximate surface area is 135 Å². The first kappa shape index (κ1) is 14.8. The molecule has 3 rings (SSSR count). The van der Waals surface area contributed by atoms with Gasteiger partial charge in [0.2, 0.25) is 0 Å². The number of hydrogen-bond acceptors (Lipinski definition) is 4. The van der Waals surface area contributed by atoms with Crippen molar-refractivity contribution in [3.63, 3.8) is 0 Å². The minimum Gasteiger partial charge on any atom is -0.459 e. The van der Waals surface area contributed by atoms with Crippen molar-refractivity contribution >= 4 is 38.2 Å². The Bertz CT molecular complexity index is 738. The zero-order valence-corrected chi connectivity index (χ0v) is 14.0. The molecule has 0 fully saturated rings. The number of hydrogen-bond donors (Lipinski definition) is 2. The van der Waals surface area contributed by atoms with E-state index in [1.807, 2.05) is 42.6 Å². The van der Waals surface area contributed by atoms with Crippen LogP contribution in [0.5, 0.6) is 0 Å². The van der Waals surface area contributed by atoms with Gasteiger partial charge in [-0.15, -0.1) is 11.3 Å². The summed E-state index contributed by atoms with van der Waals surface area (Å²) in [6, 6.07) is 12.0. The molecule has 0 bridgehead atoms. The monoisotopic (exact) mass is 365 g/mol. The van der Waals surface area contributed by atoms with Crippen molar-refractivity contribution in [2.75, 3.05) is 6.61 Å². The fourth-order valence-corrected chi connectivity index (χ4v) is 3.23. The Balaban J connectivity index is 1.88. The third-order valence-electron chi connectivity index (χ3n) is 3.57. The van der Waals surface area contributed by atoms with Crippen LogP contribution in [-0.2, 0) is 12.1 Å². The third-order valence-corrected chi connectivity index (χ3v) is 4.94. The molecule has 0 saturated heterocycles. The molecule has 21 heavy (non-hydrogen) atoms. The standard InChI is InChI=1S/C16H16BrNO2S/c1-16(10-19,18-9-13-3-2-6-21-13)15-8-11-7-12(17)4-5-14(11)20-15/h2-8,18-19H,9-10H2,1H3. The Morgan fingerprint density at radius 2 is 2.19 bits per heavy atom. The molecular formula is C16H16BrNO2S. The summed E-state index contributed by atoms with van der Waals surface area (Å²) in [4.78, 5) is 1.23. The topological polar surface area (TPSA) is 45.4 Å². The molecule has 5 heteroatoms. The highest BCUT2D eigenvalue weighted by Crippen LogP contribution is 2.30. The molecule has 2 aromatic heterocycles. The van der Waals surface area contributed by atoms with Crippen LogP contribution in [0.25, 0.3) is 11.0 Å². The molecule has 1 unspecified atom stereocenters. The third kappa shape index (κ3) is 3.06.